The molecule has 0 radical (unpaired) electrons. The molecule has 0 N–H and O–H groups in total. The first-order chi connectivity index (χ1) is 6.74. The van der Waals surface area contributed by atoms with Crippen LogP contribution in [0.5, 0.6) is 0 Å². The van der Waals surface area contributed by atoms with E-state index in [1.165, 1.54) is 0 Å². The molecule has 0 amide bonds. The molecule has 0 heterocycles. The highest BCUT2D eigenvalue weighted by atomic mass is 16.6. The number of benzene rings is 1. The molecule has 0 saturated heterocycles. The van der Waals surface area contributed by atoms with Gasteiger partial charge in [-0.25, -0.2) is 0 Å². The van der Waals surface area contributed by atoms with Gasteiger partial charge in [0.15, 0.2) is 6.10 Å². The second-order valence-electron chi connectivity index (χ2n) is 2.65. The van der Waals surface area contributed by atoms with E-state index in [4.69, 9.17) is 0 Å². The first-order valence-corrected chi connectivity index (χ1v) is 4.00. The van der Waals surface area contributed by atoms with Gasteiger partial charge in [0, 0.05) is 4.92 Å². The molecule has 0 aliphatic heterocycles. The summed E-state index contributed by atoms with van der Waals surface area (Å²) < 4.78 is 4.62. The minimum absolute atomic E-state index is 0.223. The van der Waals surface area contributed by atoms with Crippen LogP contribution in [0.2, 0.25) is 0 Å². The average Bonchev–Trinajstić information content (AvgIpc) is 2.18. The largest absolute Gasteiger partial charge is 0.453 e. The van der Waals surface area contributed by atoms with Crippen LogP contribution in [0.3, 0.4) is 0 Å². The molecule has 14 heavy (non-hydrogen) atoms. The average molecular weight is 195 g/mol. The van der Waals surface area contributed by atoms with Crippen molar-refractivity contribution in [3.05, 3.63) is 46.0 Å². The van der Waals surface area contributed by atoms with Gasteiger partial charge < -0.3 is 4.74 Å². The van der Waals surface area contributed by atoms with Crippen molar-refractivity contribution in [3.63, 3.8) is 0 Å². The van der Waals surface area contributed by atoms with Crippen molar-refractivity contribution < 1.29 is 14.5 Å². The van der Waals surface area contributed by atoms with Crippen molar-refractivity contribution in [1.82, 2.24) is 0 Å². The first-order valence-electron chi connectivity index (χ1n) is 4.00. The van der Waals surface area contributed by atoms with Crippen molar-refractivity contribution in [1.29, 1.82) is 0 Å². The Morgan fingerprint density at radius 2 is 2.07 bits per heavy atom. The molecule has 1 aromatic carbocycles. The fourth-order valence-electron chi connectivity index (χ4n) is 1.10. The van der Waals surface area contributed by atoms with Crippen LogP contribution in [-0.4, -0.2) is 17.9 Å². The third-order valence-electron chi connectivity index (χ3n) is 1.71. The Bertz CT molecular complexity index is 312. The van der Waals surface area contributed by atoms with Gasteiger partial charge in [-0.3, -0.25) is 14.9 Å². The molecule has 5 nitrogen and oxygen atoms in total. The Labute approximate surface area is 80.5 Å². The van der Waals surface area contributed by atoms with Gasteiger partial charge in [0.2, 0.25) is 6.54 Å². The maximum Gasteiger partial charge on any atom is 0.293 e. The van der Waals surface area contributed by atoms with Crippen LogP contribution in [0.1, 0.15) is 11.7 Å². The van der Waals surface area contributed by atoms with E-state index >= 15 is 0 Å². The molecule has 0 aliphatic rings. The van der Waals surface area contributed by atoms with Crippen molar-refractivity contribution in [2.24, 2.45) is 0 Å². The Hall–Kier alpha value is -1.91. The SMILES string of the molecule is O=COC(C[N+](=O)[O-])c1ccccc1. The number of carbonyl (C=O) groups excluding carboxylic acids is 1. The number of carbonyl (C=O) groups is 1. The smallest absolute Gasteiger partial charge is 0.293 e. The lowest BCUT2D eigenvalue weighted by Gasteiger charge is -2.10. The fourth-order valence-corrected chi connectivity index (χ4v) is 1.10. The third kappa shape index (κ3) is 2.85. The summed E-state index contributed by atoms with van der Waals surface area (Å²) >= 11 is 0. The minimum Gasteiger partial charge on any atom is -0.453 e. The molecule has 74 valence electrons. The topological polar surface area (TPSA) is 69.4 Å². The van der Waals surface area contributed by atoms with E-state index in [-0.39, 0.29) is 6.47 Å². The molecule has 0 fully saturated rings. The van der Waals surface area contributed by atoms with Crippen molar-refractivity contribution in [3.8, 4) is 0 Å². The van der Waals surface area contributed by atoms with Gasteiger partial charge in [-0.2, -0.15) is 0 Å². The molecule has 1 atom stereocenters. The summed E-state index contributed by atoms with van der Waals surface area (Å²) in [6.07, 6.45) is -0.802. The Balaban J connectivity index is 2.77. The van der Waals surface area contributed by atoms with Crippen LogP contribution in [-0.2, 0) is 9.53 Å². The second kappa shape index (κ2) is 4.96. The summed E-state index contributed by atoms with van der Waals surface area (Å²) in [5.74, 6) is 0. The summed E-state index contributed by atoms with van der Waals surface area (Å²) in [6, 6.07) is 8.61. The van der Waals surface area contributed by atoms with Crippen LogP contribution >= 0.6 is 0 Å². The molecular formula is C9H9NO4. The number of hydrogen-bond acceptors (Lipinski definition) is 4. The van der Waals surface area contributed by atoms with Crippen LogP contribution in [0.4, 0.5) is 0 Å². The molecule has 0 saturated carbocycles. The summed E-state index contributed by atoms with van der Waals surface area (Å²) in [7, 11) is 0. The predicted octanol–water partition coefficient (Wildman–Crippen LogP) is 1.18. The monoisotopic (exact) mass is 195 g/mol. The lowest BCUT2D eigenvalue weighted by molar-refractivity contribution is -0.491. The van der Waals surface area contributed by atoms with Crippen LogP contribution in [0, 0.1) is 10.1 Å². The zero-order valence-electron chi connectivity index (χ0n) is 7.33. The standard InChI is InChI=1S/C9H9NO4/c11-7-14-9(6-10(12)13)8-4-2-1-3-5-8/h1-5,7,9H,6H2. The van der Waals surface area contributed by atoms with E-state index in [9.17, 15) is 14.9 Å². The van der Waals surface area contributed by atoms with Gasteiger partial charge in [0.05, 0.1) is 0 Å². The van der Waals surface area contributed by atoms with Gasteiger partial charge >= 0.3 is 0 Å². The van der Waals surface area contributed by atoms with Gasteiger partial charge in [0.25, 0.3) is 6.47 Å². The third-order valence-corrected chi connectivity index (χ3v) is 1.71. The van der Waals surface area contributed by atoms with Crippen molar-refractivity contribution >= 4 is 6.47 Å². The van der Waals surface area contributed by atoms with Crippen molar-refractivity contribution in [2.45, 2.75) is 6.10 Å². The molecule has 5 heteroatoms. The Morgan fingerprint density at radius 3 is 2.57 bits per heavy atom. The highest BCUT2D eigenvalue weighted by molar-refractivity contribution is 5.38. The zero-order chi connectivity index (χ0) is 10.4. The normalized spacial score (nSPS) is 11.7. The Morgan fingerprint density at radius 1 is 1.43 bits per heavy atom. The summed E-state index contributed by atoms with van der Waals surface area (Å²) in [5, 5.41) is 10.3. The van der Waals surface area contributed by atoms with Gasteiger partial charge in [-0.05, 0) is 5.56 Å². The van der Waals surface area contributed by atoms with E-state index < -0.39 is 17.6 Å². The maximum absolute atomic E-state index is 10.3. The summed E-state index contributed by atoms with van der Waals surface area (Å²) in [4.78, 5) is 19.9. The second-order valence-corrected chi connectivity index (χ2v) is 2.65. The minimum atomic E-state index is -0.802. The molecule has 1 unspecified atom stereocenters. The van der Waals surface area contributed by atoms with Crippen LogP contribution in [0.25, 0.3) is 0 Å². The quantitative estimate of drug-likeness (QED) is 0.402. The summed E-state index contributed by atoms with van der Waals surface area (Å²) in [5.41, 5.74) is 0.622. The van der Waals surface area contributed by atoms with E-state index in [1.807, 2.05) is 0 Å². The van der Waals surface area contributed by atoms with Crippen molar-refractivity contribution in [2.75, 3.05) is 6.54 Å². The molecular weight excluding hydrogens is 186 g/mol. The highest BCUT2D eigenvalue weighted by Crippen LogP contribution is 2.15. The fraction of sp³-hybridized carbons (Fsp3) is 0.222. The molecule has 0 aromatic heterocycles. The van der Waals surface area contributed by atoms with Crippen LogP contribution < -0.4 is 0 Å². The van der Waals surface area contributed by atoms with Crippen LogP contribution in [0.15, 0.2) is 30.3 Å². The van der Waals surface area contributed by atoms with E-state index in [1.54, 1.807) is 30.3 Å². The lowest BCUT2D eigenvalue weighted by Crippen LogP contribution is -2.15. The number of rotatable bonds is 5. The number of ether oxygens (including phenoxy) is 1. The number of hydrogen-bond donors (Lipinski definition) is 0. The molecule has 0 aliphatic carbocycles. The van der Waals surface area contributed by atoms with E-state index in [0.717, 1.165) is 0 Å². The summed E-state index contributed by atoms with van der Waals surface area (Å²) in [6.45, 7) is -0.191. The zero-order valence-corrected chi connectivity index (χ0v) is 7.33. The van der Waals surface area contributed by atoms with Gasteiger partial charge in [-0.1, -0.05) is 30.3 Å². The van der Waals surface area contributed by atoms with E-state index in [0.29, 0.717) is 5.56 Å². The maximum atomic E-state index is 10.3. The molecule has 1 aromatic rings. The van der Waals surface area contributed by atoms with Gasteiger partial charge in [0.1, 0.15) is 0 Å². The number of nitro groups is 1. The number of nitrogens with zero attached hydrogens (tertiary/aromatic N) is 1. The van der Waals surface area contributed by atoms with E-state index in [2.05, 4.69) is 4.74 Å². The molecule has 0 bridgehead atoms. The molecule has 0 spiro atoms. The van der Waals surface area contributed by atoms with Gasteiger partial charge in [-0.15, -0.1) is 0 Å². The predicted molar refractivity (Wildman–Crippen MR) is 48.2 cm³/mol. The lowest BCUT2D eigenvalue weighted by atomic mass is 10.1. The first kappa shape index (κ1) is 10.2. The highest BCUT2D eigenvalue weighted by Gasteiger charge is 2.17. The molecule has 1 rings (SSSR count). The Kier molecular flexibility index (Phi) is 3.60.